The van der Waals surface area contributed by atoms with E-state index in [0.717, 1.165) is 19.3 Å². The average molecular weight is 577 g/mol. The van der Waals surface area contributed by atoms with Crippen molar-refractivity contribution in [2.24, 2.45) is 34.5 Å². The van der Waals surface area contributed by atoms with Crippen LogP contribution < -0.4 is 0 Å². The summed E-state index contributed by atoms with van der Waals surface area (Å²) in [5.74, 6) is 1.58. The molecule has 0 bridgehead atoms. The second-order valence-corrected chi connectivity index (χ2v) is 27.6. The first-order valence-electron chi connectivity index (χ1n) is 16.3. The Labute approximate surface area is 244 Å². The van der Waals surface area contributed by atoms with Crippen LogP contribution in [0.2, 0.25) is 36.3 Å². The lowest BCUT2D eigenvalue weighted by Gasteiger charge is -2.63. The van der Waals surface area contributed by atoms with Crippen molar-refractivity contribution in [3.8, 4) is 0 Å². The molecule has 39 heavy (non-hydrogen) atoms. The lowest BCUT2D eigenvalue weighted by Crippen LogP contribution is -2.62. The van der Waals surface area contributed by atoms with Crippen molar-refractivity contribution in [1.29, 1.82) is 0 Å². The fourth-order valence-electron chi connectivity index (χ4n) is 8.65. The van der Waals surface area contributed by atoms with Gasteiger partial charge in [0, 0.05) is 6.10 Å². The normalized spacial score (nSPS) is 41.6. The number of aliphatic hydroxyl groups is 1. The standard InChI is InChI=1S/C34H64O3Si2/c1-23(2)34(35)22-24-21-25(36-38(11,12)30(3,4)5)17-19-32(24,9)27-18-20-33(10)26(29(27)34)15-16-28(33)37-39(13,14)31(6,7)8/h22-23,25-29,35H,15-21H2,1-14H3/t25-,26-,27-,28-,29-,32-,33-,34+/m0/s1. The minimum atomic E-state index is -1.86. The maximum absolute atomic E-state index is 12.7. The van der Waals surface area contributed by atoms with E-state index >= 15 is 0 Å². The summed E-state index contributed by atoms with van der Waals surface area (Å²) in [6.07, 6.45) is 11.2. The van der Waals surface area contributed by atoms with Crippen molar-refractivity contribution in [2.45, 2.75) is 168 Å². The van der Waals surface area contributed by atoms with Crippen LogP contribution >= 0.6 is 0 Å². The molecule has 0 saturated heterocycles. The van der Waals surface area contributed by atoms with E-state index in [0.29, 0.717) is 30.0 Å². The highest BCUT2D eigenvalue weighted by molar-refractivity contribution is 6.74. The van der Waals surface area contributed by atoms with E-state index in [9.17, 15) is 5.11 Å². The SMILES string of the molecule is CC(C)[C@]1(O)C=C2C[C@@H](O[Si](C)(C)C(C)(C)C)CC[C@]2(C)[C@H]2CC[C@]3(C)[C@@H](O[Si](C)(C)C(C)(C)C)CC[C@H]3[C@@H]21. The zero-order chi connectivity index (χ0) is 29.6. The van der Waals surface area contributed by atoms with Gasteiger partial charge in [-0.05, 0) is 116 Å². The molecule has 4 rings (SSSR count). The van der Waals surface area contributed by atoms with Crippen molar-refractivity contribution in [3.63, 3.8) is 0 Å². The van der Waals surface area contributed by atoms with E-state index in [1.165, 1.54) is 31.3 Å². The monoisotopic (exact) mass is 576 g/mol. The molecule has 0 spiro atoms. The topological polar surface area (TPSA) is 38.7 Å². The summed E-state index contributed by atoms with van der Waals surface area (Å²) >= 11 is 0. The van der Waals surface area contributed by atoms with E-state index in [-0.39, 0.29) is 26.8 Å². The van der Waals surface area contributed by atoms with E-state index < -0.39 is 22.2 Å². The molecule has 0 aromatic carbocycles. The summed E-state index contributed by atoms with van der Waals surface area (Å²) in [6.45, 7) is 33.3. The van der Waals surface area contributed by atoms with Gasteiger partial charge in [-0.25, -0.2) is 0 Å². The quantitative estimate of drug-likeness (QED) is 0.261. The molecule has 4 aliphatic rings. The first-order valence-corrected chi connectivity index (χ1v) is 22.1. The highest BCUT2D eigenvalue weighted by Crippen LogP contribution is 2.68. The first kappa shape index (κ1) is 32.0. The zero-order valence-corrected chi connectivity index (χ0v) is 30.3. The Kier molecular flexibility index (Phi) is 8.03. The molecule has 226 valence electrons. The molecule has 0 aromatic rings. The summed E-state index contributed by atoms with van der Waals surface area (Å²) in [4.78, 5) is 0. The van der Waals surface area contributed by atoms with Crippen LogP contribution in [0.15, 0.2) is 11.6 Å². The van der Waals surface area contributed by atoms with Crippen molar-refractivity contribution < 1.29 is 14.0 Å². The van der Waals surface area contributed by atoms with Crippen LogP contribution in [0.3, 0.4) is 0 Å². The van der Waals surface area contributed by atoms with Crippen LogP contribution in [0.1, 0.15) is 114 Å². The van der Waals surface area contributed by atoms with Crippen molar-refractivity contribution >= 4 is 16.6 Å². The van der Waals surface area contributed by atoms with Gasteiger partial charge in [-0.15, -0.1) is 0 Å². The fourth-order valence-corrected chi connectivity index (χ4v) is 11.5. The number of hydrogen-bond acceptors (Lipinski definition) is 3. The summed E-state index contributed by atoms with van der Waals surface area (Å²) in [6, 6.07) is 0. The molecule has 5 heteroatoms. The maximum Gasteiger partial charge on any atom is 0.192 e. The molecule has 0 aromatic heterocycles. The summed E-state index contributed by atoms with van der Waals surface area (Å²) in [5.41, 5.74) is 1.09. The Morgan fingerprint density at radius 1 is 0.821 bits per heavy atom. The van der Waals surface area contributed by atoms with Crippen LogP contribution in [-0.2, 0) is 8.85 Å². The van der Waals surface area contributed by atoms with Gasteiger partial charge in [0.15, 0.2) is 16.6 Å². The Hall–Kier alpha value is 0.0538. The molecule has 0 radical (unpaired) electrons. The molecule has 0 unspecified atom stereocenters. The lowest BCUT2D eigenvalue weighted by atomic mass is 9.43. The van der Waals surface area contributed by atoms with E-state index in [2.05, 4.69) is 102 Å². The number of fused-ring (bicyclic) bond motifs is 5. The summed E-state index contributed by atoms with van der Waals surface area (Å²) in [7, 11) is -3.70. The highest BCUT2D eigenvalue weighted by atomic mass is 28.4. The minimum Gasteiger partial charge on any atom is -0.414 e. The molecular weight excluding hydrogens is 513 g/mol. The van der Waals surface area contributed by atoms with Gasteiger partial charge in [-0.3, -0.25) is 0 Å². The predicted molar refractivity (Wildman–Crippen MR) is 171 cm³/mol. The van der Waals surface area contributed by atoms with Crippen LogP contribution in [-0.4, -0.2) is 39.6 Å². The Morgan fingerprint density at radius 2 is 1.38 bits per heavy atom. The van der Waals surface area contributed by atoms with Gasteiger partial charge in [0.25, 0.3) is 0 Å². The number of rotatable bonds is 5. The molecule has 3 fully saturated rings. The second-order valence-electron chi connectivity index (χ2n) is 18.1. The fraction of sp³-hybridized carbons (Fsp3) is 0.941. The Morgan fingerprint density at radius 3 is 1.92 bits per heavy atom. The van der Waals surface area contributed by atoms with Gasteiger partial charge in [0.1, 0.15) is 0 Å². The molecule has 8 atom stereocenters. The molecular formula is C34H64O3Si2. The van der Waals surface area contributed by atoms with Gasteiger partial charge in [0.05, 0.1) is 11.7 Å². The predicted octanol–water partition coefficient (Wildman–Crippen LogP) is 9.73. The lowest BCUT2D eigenvalue weighted by molar-refractivity contribution is -0.158. The third-order valence-electron chi connectivity index (χ3n) is 13.5. The van der Waals surface area contributed by atoms with Crippen molar-refractivity contribution in [1.82, 2.24) is 0 Å². The third kappa shape index (κ3) is 5.14. The van der Waals surface area contributed by atoms with Crippen molar-refractivity contribution in [2.75, 3.05) is 0 Å². The zero-order valence-electron chi connectivity index (χ0n) is 28.3. The molecule has 3 nitrogen and oxygen atoms in total. The molecule has 0 amide bonds. The molecule has 4 aliphatic carbocycles. The molecule has 0 heterocycles. The largest absolute Gasteiger partial charge is 0.414 e. The average Bonchev–Trinajstić information content (AvgIpc) is 3.08. The Bertz CT molecular complexity index is 956. The van der Waals surface area contributed by atoms with Gasteiger partial charge in [0.2, 0.25) is 0 Å². The van der Waals surface area contributed by atoms with Crippen molar-refractivity contribution in [3.05, 3.63) is 11.6 Å². The highest BCUT2D eigenvalue weighted by Gasteiger charge is 2.65. The van der Waals surface area contributed by atoms with Crippen LogP contribution in [0.25, 0.3) is 0 Å². The minimum absolute atomic E-state index is 0.157. The van der Waals surface area contributed by atoms with E-state index in [1.54, 1.807) is 0 Å². The number of hydrogen-bond donors (Lipinski definition) is 1. The van der Waals surface area contributed by atoms with E-state index in [1.807, 2.05) is 0 Å². The smallest absolute Gasteiger partial charge is 0.192 e. The van der Waals surface area contributed by atoms with Crippen LogP contribution in [0.5, 0.6) is 0 Å². The van der Waals surface area contributed by atoms with Crippen LogP contribution in [0, 0.1) is 34.5 Å². The third-order valence-corrected chi connectivity index (χ3v) is 22.6. The molecule has 3 saturated carbocycles. The Balaban J connectivity index is 1.67. The summed E-state index contributed by atoms with van der Waals surface area (Å²) < 4.78 is 14.2. The first-order chi connectivity index (χ1) is 17.5. The van der Waals surface area contributed by atoms with Crippen LogP contribution in [0.4, 0.5) is 0 Å². The van der Waals surface area contributed by atoms with Gasteiger partial charge in [-0.2, -0.15) is 0 Å². The van der Waals surface area contributed by atoms with Gasteiger partial charge < -0.3 is 14.0 Å². The maximum atomic E-state index is 12.7. The molecule has 1 N–H and O–H groups in total. The second kappa shape index (κ2) is 9.79. The summed E-state index contributed by atoms with van der Waals surface area (Å²) in [5, 5.41) is 13.2. The van der Waals surface area contributed by atoms with E-state index in [4.69, 9.17) is 8.85 Å². The van der Waals surface area contributed by atoms with Gasteiger partial charge in [-0.1, -0.05) is 80.9 Å². The molecule has 0 aliphatic heterocycles. The van der Waals surface area contributed by atoms with Gasteiger partial charge >= 0.3 is 0 Å².